The molecule has 0 amide bonds. The maximum Gasteiger partial charge on any atom is 0.333 e. The van der Waals surface area contributed by atoms with Crippen molar-refractivity contribution < 1.29 is 57.2 Å². The Morgan fingerprint density at radius 1 is 0.255 bits per heavy atom. The van der Waals surface area contributed by atoms with Gasteiger partial charge in [0, 0.05) is 58.6 Å². The first-order chi connectivity index (χ1) is 65.0. The molecule has 12 nitrogen and oxygen atoms in total. The summed E-state index contributed by atoms with van der Waals surface area (Å²) in [6.45, 7) is 60.7. The van der Waals surface area contributed by atoms with Crippen LogP contribution >= 0.6 is 0 Å². The molecule has 24 fully saturated rings. The van der Waals surface area contributed by atoms with Crippen LogP contribution in [0.5, 0.6) is 0 Å². The summed E-state index contributed by atoms with van der Waals surface area (Å²) in [5, 5.41) is 0. The molecule has 0 saturated heterocycles. The number of hydrogen-bond acceptors (Lipinski definition) is 12. The lowest BCUT2D eigenvalue weighted by atomic mass is 9.43. The van der Waals surface area contributed by atoms with E-state index in [0.29, 0.717) is 132 Å². The van der Waals surface area contributed by atoms with E-state index in [2.05, 4.69) is 136 Å². The quantitative estimate of drug-likeness (QED) is 0.0247. The molecule has 14 atom stereocenters. The number of esters is 6. The summed E-state index contributed by atoms with van der Waals surface area (Å²) in [5.74, 6) is 12.1. The molecule has 24 aliphatic rings. The normalized spacial score (nSPS) is 41.8. The highest BCUT2D eigenvalue weighted by Crippen LogP contribution is 2.73. The van der Waals surface area contributed by atoms with E-state index < -0.39 is 0 Å². The molecule has 12 heteroatoms. The van der Waals surface area contributed by atoms with Crippen LogP contribution in [-0.4, -0.2) is 69.4 Å². The van der Waals surface area contributed by atoms with Gasteiger partial charge in [-0.15, -0.1) is 0 Å². The molecule has 24 aliphatic carbocycles. The van der Waals surface area contributed by atoms with Crippen molar-refractivity contribution in [2.45, 2.75) is 524 Å². The first-order valence-corrected chi connectivity index (χ1v) is 58.3. The second kappa shape index (κ2) is 45.5. The second-order valence-corrected chi connectivity index (χ2v) is 53.9. The lowest BCUT2D eigenvalue weighted by Gasteiger charge is -2.65. The molecular formula is C125H202O12. The molecule has 24 rings (SSSR count). The fourth-order valence-corrected chi connectivity index (χ4v) is 37.8. The highest BCUT2D eigenvalue weighted by atomic mass is 16.6. The first kappa shape index (κ1) is 109. The van der Waals surface area contributed by atoms with E-state index in [-0.39, 0.29) is 69.4 Å². The van der Waals surface area contributed by atoms with Gasteiger partial charge < -0.3 is 28.4 Å². The van der Waals surface area contributed by atoms with E-state index in [1.54, 1.807) is 20.8 Å². The van der Waals surface area contributed by atoms with Crippen molar-refractivity contribution in [1.82, 2.24) is 0 Å². The Balaban J connectivity index is 0.000000139. The Kier molecular flexibility index (Phi) is 36.4. The number of carbonyl (C=O) groups excluding carboxylic acids is 6. The minimum atomic E-state index is -0.221. The number of unbranched alkanes of at least 4 members (excludes halogenated alkanes) is 16. The molecule has 0 aromatic rings. The van der Waals surface area contributed by atoms with Gasteiger partial charge >= 0.3 is 35.8 Å². The van der Waals surface area contributed by atoms with E-state index >= 15 is 0 Å². The largest absolute Gasteiger partial charge is 0.455 e. The van der Waals surface area contributed by atoms with Crippen LogP contribution in [0.3, 0.4) is 0 Å². The van der Waals surface area contributed by atoms with Crippen LogP contribution in [0.4, 0.5) is 0 Å². The summed E-state index contributed by atoms with van der Waals surface area (Å²) in [6.07, 6.45) is 77.3. The van der Waals surface area contributed by atoms with E-state index in [4.69, 9.17) is 28.4 Å². The smallest absolute Gasteiger partial charge is 0.333 e. The lowest BCUT2D eigenvalue weighted by molar-refractivity contribution is -0.238. The molecule has 24 saturated carbocycles. The van der Waals surface area contributed by atoms with Crippen LogP contribution in [0.2, 0.25) is 0 Å². The van der Waals surface area contributed by atoms with Crippen molar-refractivity contribution >= 4 is 35.8 Å². The SMILES string of the molecule is C=C(C)C(=O)OC1(C(C)CCCC)C2CC3CC1CC(C)(C3)C2.C=C(C)C(=O)OC1(CCCCCC)C2CC3CC1CC(C)(C3)C2.C=C(C)C(=O)OC1(CCCCCCC)C2CC3CC1CC(C)(C3)C2.C=CC(=O)OC1(C(C)CCCC)C2CC3CC1CC(C)(C3)C2.C=CC(=O)OC1(CCCCCC)C2CC3CC1CC(C)(C3)C2.C=CC(=O)OC1(CCCCCCC)C2CC3CC1CC(C)(C3)C2. The molecule has 0 radical (unpaired) electrons. The average molecular weight is 1900 g/mol. The van der Waals surface area contributed by atoms with Gasteiger partial charge in [0.25, 0.3) is 0 Å². The standard InChI is InChI=1S/C22H36O2.3C21H34O2.2C20H32O2/c1-5-6-7-8-9-10-22(24-20(23)16(2)3)18-11-17-12-19(22)15-21(4,13-17)14-18;1-6-7-8-15(4)21(23-19(22)14(2)3)17-9-16-10-18(21)13-20(5,11-16)12-17;1-5-6-7-8-9-21(23-19(22)15(2)3)17-10-16-11-18(21)14-20(4,12-16)13-17;1-4-6-7-8-9-10-21(23-19(22)5-2)17-11-16-12-18(21)15-20(3,13-16)14-17;1-5-7-8-14(3)20(22-18(21)6-2)16-9-15-10-17(20)13-19(4,11-15)12-16;1-4-6-7-8-9-20(22-18(21)5-2)16-10-15-11-17(20)14-19(3,12-15)13-16/h17-19H,2,5-15H2,1,3-4H3;15-18H,2,6-13H2,1,3-5H3;16-18H,2,5-14H2,1,3-4H3;5,16-18H,2,4,6-15H2,1,3H3;6,14-17H,2,5,7-13H2,1,3-4H3;5,15-17H,2,4,6-14H2,1,3H3. The number of rotatable bonds is 42. The van der Waals surface area contributed by atoms with E-state index in [9.17, 15) is 28.8 Å². The van der Waals surface area contributed by atoms with Crippen molar-refractivity contribution in [2.24, 2.45) is 151 Å². The third kappa shape index (κ3) is 23.8. The Morgan fingerprint density at radius 2 is 0.438 bits per heavy atom. The van der Waals surface area contributed by atoms with E-state index in [0.717, 1.165) is 61.2 Å². The number of hydrogen-bond donors (Lipinski definition) is 0. The van der Waals surface area contributed by atoms with Crippen LogP contribution < -0.4 is 0 Å². The predicted molar refractivity (Wildman–Crippen MR) is 560 cm³/mol. The molecule has 14 unspecified atom stereocenters. The molecule has 0 heterocycles. The molecule has 24 bridgehead atoms. The Labute approximate surface area is 836 Å². The fraction of sp³-hybridized carbons (Fsp3) is 0.856. The minimum Gasteiger partial charge on any atom is -0.455 e. The highest BCUT2D eigenvalue weighted by molar-refractivity contribution is 5.88. The number of ether oxygens (including phenoxy) is 6. The van der Waals surface area contributed by atoms with Gasteiger partial charge in [-0.25, -0.2) is 28.8 Å². The zero-order chi connectivity index (χ0) is 99.1. The summed E-state index contributed by atoms with van der Waals surface area (Å²) >= 11 is 0. The van der Waals surface area contributed by atoms with Crippen LogP contribution in [-0.2, 0) is 57.2 Å². The molecule has 0 aromatic heterocycles. The molecule has 0 N–H and O–H groups in total. The van der Waals surface area contributed by atoms with Gasteiger partial charge in [0.1, 0.15) is 33.6 Å². The zero-order valence-electron chi connectivity index (χ0n) is 90.9. The van der Waals surface area contributed by atoms with Gasteiger partial charge in [-0.3, -0.25) is 0 Å². The minimum absolute atomic E-state index is 0.152. The second-order valence-electron chi connectivity index (χ2n) is 53.9. The van der Waals surface area contributed by atoms with Gasteiger partial charge in [-0.05, 0) is 405 Å². The molecular weight excluding hydrogens is 1690 g/mol. The van der Waals surface area contributed by atoms with Crippen LogP contribution in [0.15, 0.2) is 74.4 Å². The van der Waals surface area contributed by atoms with Gasteiger partial charge in [0.2, 0.25) is 0 Å². The van der Waals surface area contributed by atoms with E-state index in [1.165, 1.54) is 365 Å². The van der Waals surface area contributed by atoms with Gasteiger partial charge in [0.15, 0.2) is 0 Å². The average Bonchev–Trinajstić information content (AvgIpc) is 0.710. The Bertz CT molecular complexity index is 4050. The lowest BCUT2D eigenvalue weighted by Crippen LogP contribution is -2.64. The fourth-order valence-electron chi connectivity index (χ4n) is 37.8. The molecule has 137 heavy (non-hydrogen) atoms. The summed E-state index contributed by atoms with van der Waals surface area (Å²) in [4.78, 5) is 73.5. The van der Waals surface area contributed by atoms with Gasteiger partial charge in [-0.2, -0.15) is 0 Å². The Hall–Kier alpha value is -4.74. The highest BCUT2D eigenvalue weighted by Gasteiger charge is 2.70. The van der Waals surface area contributed by atoms with Crippen molar-refractivity contribution in [3.8, 4) is 0 Å². The van der Waals surface area contributed by atoms with E-state index in [1.807, 2.05) is 0 Å². The number of carbonyl (C=O) groups is 6. The molecule has 774 valence electrons. The Morgan fingerprint density at radius 3 is 0.650 bits per heavy atom. The summed E-state index contributed by atoms with van der Waals surface area (Å²) in [7, 11) is 0. The molecule has 0 spiro atoms. The van der Waals surface area contributed by atoms with Gasteiger partial charge in [0.05, 0.1) is 0 Å². The zero-order valence-corrected chi connectivity index (χ0v) is 90.9. The maximum atomic E-state index is 12.5. The van der Waals surface area contributed by atoms with Crippen molar-refractivity contribution in [2.75, 3.05) is 0 Å². The van der Waals surface area contributed by atoms with Crippen molar-refractivity contribution in [3.63, 3.8) is 0 Å². The van der Waals surface area contributed by atoms with Gasteiger partial charge in [-0.1, -0.05) is 252 Å². The van der Waals surface area contributed by atoms with Crippen molar-refractivity contribution in [3.05, 3.63) is 74.4 Å². The summed E-state index contributed by atoms with van der Waals surface area (Å²) in [6, 6.07) is 0. The predicted octanol–water partition coefficient (Wildman–Crippen LogP) is 33.3. The third-order valence-corrected chi connectivity index (χ3v) is 42.0. The molecule has 0 aliphatic heterocycles. The first-order valence-electron chi connectivity index (χ1n) is 58.3. The van der Waals surface area contributed by atoms with Crippen LogP contribution in [0, 0.1) is 151 Å². The third-order valence-electron chi connectivity index (χ3n) is 42.0. The van der Waals surface area contributed by atoms with Crippen LogP contribution in [0.25, 0.3) is 0 Å². The summed E-state index contributed by atoms with van der Waals surface area (Å²) < 4.78 is 37.4. The topological polar surface area (TPSA) is 158 Å². The summed E-state index contributed by atoms with van der Waals surface area (Å²) in [5.41, 5.74) is 3.58. The van der Waals surface area contributed by atoms with Crippen LogP contribution in [0.1, 0.15) is 490 Å². The molecule has 0 aromatic carbocycles. The monoisotopic (exact) mass is 1900 g/mol. The maximum absolute atomic E-state index is 12.5. The van der Waals surface area contributed by atoms with Crippen molar-refractivity contribution in [1.29, 1.82) is 0 Å².